The van der Waals surface area contributed by atoms with Crippen molar-refractivity contribution in [1.29, 1.82) is 0 Å². The van der Waals surface area contributed by atoms with Crippen molar-refractivity contribution in [3.63, 3.8) is 0 Å². The molecule has 2 aromatic heterocycles. The quantitative estimate of drug-likeness (QED) is 0.245. The lowest BCUT2D eigenvalue weighted by Crippen LogP contribution is -1.96. The van der Waals surface area contributed by atoms with Crippen LogP contribution in [0.1, 0.15) is 17.3 Å². The molecule has 0 spiro atoms. The molecule has 7 heteroatoms. The van der Waals surface area contributed by atoms with E-state index < -0.39 is 0 Å². The van der Waals surface area contributed by atoms with E-state index in [9.17, 15) is 4.79 Å². The number of rotatable bonds is 5. The molecule has 0 atom stereocenters. The molecule has 0 bridgehead atoms. The monoisotopic (exact) mass is 423 g/mol. The van der Waals surface area contributed by atoms with Crippen LogP contribution in [0.2, 0.25) is 0 Å². The lowest BCUT2D eigenvalue weighted by atomic mass is 10.0. The summed E-state index contributed by atoms with van der Waals surface area (Å²) in [5.74, 6) is 1.10. The summed E-state index contributed by atoms with van der Waals surface area (Å²) >= 11 is 1.47. The Kier molecular flexibility index (Phi) is 4.93. The number of carbonyl (C=O) groups is 1. The highest BCUT2D eigenvalue weighted by Crippen LogP contribution is 2.35. The van der Waals surface area contributed by atoms with Crippen molar-refractivity contribution in [2.75, 3.05) is 0 Å². The zero-order chi connectivity index (χ0) is 21.2. The number of hydrogen-bond acceptors (Lipinski definition) is 6. The van der Waals surface area contributed by atoms with Gasteiger partial charge in [-0.05, 0) is 19.1 Å². The molecule has 0 unspecified atom stereocenters. The van der Waals surface area contributed by atoms with Crippen molar-refractivity contribution in [2.45, 2.75) is 6.92 Å². The minimum Gasteiger partial charge on any atom is -0.321 e. The first-order valence-corrected chi connectivity index (χ1v) is 10.5. The maximum Gasteiger partial charge on any atom is 0.231 e. The number of carbonyl (C=O) groups excluding carboxylic acids is 1. The van der Waals surface area contributed by atoms with E-state index in [4.69, 9.17) is 4.98 Å². The summed E-state index contributed by atoms with van der Waals surface area (Å²) < 4.78 is 1.05. The van der Waals surface area contributed by atoms with Gasteiger partial charge in [0.05, 0.1) is 10.2 Å². The van der Waals surface area contributed by atoms with E-state index in [1.165, 1.54) is 11.3 Å². The minimum atomic E-state index is -0.0334. The number of imidazole rings is 1. The van der Waals surface area contributed by atoms with Crippen LogP contribution in [0.15, 0.2) is 89.1 Å². The number of nitrogens with one attached hydrogen (secondary N) is 1. The van der Waals surface area contributed by atoms with Crippen LogP contribution >= 0.6 is 11.3 Å². The first-order chi connectivity index (χ1) is 15.2. The predicted molar refractivity (Wildman–Crippen MR) is 123 cm³/mol. The van der Waals surface area contributed by atoms with Crippen LogP contribution in [-0.4, -0.2) is 20.7 Å². The molecule has 150 valence electrons. The molecular weight excluding hydrogens is 406 g/mol. The molecule has 0 amide bonds. The van der Waals surface area contributed by atoms with E-state index in [1.807, 2.05) is 72.8 Å². The first kappa shape index (κ1) is 19.0. The van der Waals surface area contributed by atoms with Gasteiger partial charge in [-0.15, -0.1) is 10.2 Å². The largest absolute Gasteiger partial charge is 0.321 e. The van der Waals surface area contributed by atoms with Crippen LogP contribution in [0.4, 0.5) is 10.9 Å². The third kappa shape index (κ3) is 3.78. The third-order valence-electron chi connectivity index (χ3n) is 4.81. The van der Waals surface area contributed by atoms with Crippen molar-refractivity contribution >= 4 is 38.3 Å². The Bertz CT molecular complexity index is 1390. The van der Waals surface area contributed by atoms with Gasteiger partial charge in [0.1, 0.15) is 11.5 Å². The molecule has 1 N–H and O–H groups in total. The molecule has 0 saturated heterocycles. The standard InChI is InChI=1S/C24H17N5OS/c1-15(30)17-11-5-6-12-18(17)21-23(27-22(26-21)16-9-3-2-4-10-16)28-29-24-25-19-13-7-8-14-20(19)31-24/h2-14H,1H3,(H,26,27)/b29-28+. The number of ketones is 1. The molecule has 0 fully saturated rings. The maximum absolute atomic E-state index is 12.2. The van der Waals surface area contributed by atoms with E-state index in [2.05, 4.69) is 20.2 Å². The Hall–Kier alpha value is -3.97. The number of nitrogens with zero attached hydrogens (tertiary/aromatic N) is 4. The number of para-hydroxylation sites is 1. The first-order valence-electron chi connectivity index (χ1n) is 9.72. The smallest absolute Gasteiger partial charge is 0.231 e. The summed E-state index contributed by atoms with van der Waals surface area (Å²) in [6.07, 6.45) is 0. The Balaban J connectivity index is 1.63. The fraction of sp³-hybridized carbons (Fsp3) is 0.0417. The number of Topliss-reactive ketones (excluding diaryl/α,β-unsaturated/α-hetero) is 1. The van der Waals surface area contributed by atoms with E-state index in [-0.39, 0.29) is 5.78 Å². The van der Waals surface area contributed by atoms with Gasteiger partial charge < -0.3 is 4.98 Å². The molecule has 6 nitrogen and oxygen atoms in total. The van der Waals surface area contributed by atoms with Crippen LogP contribution in [0.5, 0.6) is 0 Å². The molecular formula is C24H17N5OS. The average Bonchev–Trinajstić information content (AvgIpc) is 3.42. The zero-order valence-electron chi connectivity index (χ0n) is 16.6. The minimum absolute atomic E-state index is 0.0334. The third-order valence-corrected chi connectivity index (χ3v) is 5.73. The summed E-state index contributed by atoms with van der Waals surface area (Å²) in [6, 6.07) is 25.0. The fourth-order valence-electron chi connectivity index (χ4n) is 3.35. The highest BCUT2D eigenvalue weighted by molar-refractivity contribution is 7.21. The number of aromatic amines is 1. The van der Waals surface area contributed by atoms with E-state index in [0.717, 1.165) is 15.8 Å². The second-order valence-electron chi connectivity index (χ2n) is 6.91. The number of azo groups is 1. The number of aromatic nitrogens is 3. The van der Waals surface area contributed by atoms with Gasteiger partial charge in [-0.3, -0.25) is 4.79 Å². The fourth-order valence-corrected chi connectivity index (χ4v) is 4.14. The van der Waals surface area contributed by atoms with Gasteiger partial charge in [-0.1, -0.05) is 78.1 Å². The van der Waals surface area contributed by atoms with Gasteiger partial charge in [0.2, 0.25) is 5.13 Å². The second-order valence-corrected chi connectivity index (χ2v) is 7.92. The Morgan fingerprint density at radius 2 is 1.61 bits per heavy atom. The zero-order valence-corrected chi connectivity index (χ0v) is 17.4. The summed E-state index contributed by atoms with van der Waals surface area (Å²) in [4.78, 5) is 24.7. The van der Waals surface area contributed by atoms with Crippen LogP contribution in [0, 0.1) is 0 Å². The van der Waals surface area contributed by atoms with Crippen molar-refractivity contribution in [2.24, 2.45) is 10.2 Å². The van der Waals surface area contributed by atoms with Crippen LogP contribution < -0.4 is 0 Å². The van der Waals surface area contributed by atoms with Crippen molar-refractivity contribution in [3.8, 4) is 22.6 Å². The summed E-state index contributed by atoms with van der Waals surface area (Å²) in [5, 5.41) is 9.35. The second kappa shape index (κ2) is 8.04. The molecule has 2 heterocycles. The molecule has 0 aliphatic carbocycles. The van der Waals surface area contributed by atoms with E-state index >= 15 is 0 Å². The van der Waals surface area contributed by atoms with Crippen molar-refractivity contribution in [3.05, 3.63) is 84.4 Å². The average molecular weight is 424 g/mol. The predicted octanol–water partition coefficient (Wildman–Crippen LogP) is 6.97. The Morgan fingerprint density at radius 1 is 0.871 bits per heavy atom. The normalized spacial score (nSPS) is 11.4. The van der Waals surface area contributed by atoms with Gasteiger partial charge in [-0.2, -0.15) is 0 Å². The maximum atomic E-state index is 12.2. The number of hydrogen-bond donors (Lipinski definition) is 1. The van der Waals surface area contributed by atoms with Crippen molar-refractivity contribution in [1.82, 2.24) is 15.0 Å². The van der Waals surface area contributed by atoms with Gasteiger partial charge in [0, 0.05) is 16.7 Å². The van der Waals surface area contributed by atoms with E-state index in [1.54, 1.807) is 13.0 Å². The molecule has 0 radical (unpaired) electrons. The number of benzene rings is 3. The number of fused-ring (bicyclic) bond motifs is 1. The number of H-pyrrole nitrogens is 1. The molecule has 5 rings (SSSR count). The SMILES string of the molecule is CC(=O)c1ccccc1-c1nc(-c2ccccc2)[nH]c1/N=N/c1nc2ccccc2s1. The van der Waals surface area contributed by atoms with E-state index in [0.29, 0.717) is 33.6 Å². The van der Waals surface area contributed by atoms with Crippen molar-refractivity contribution < 1.29 is 4.79 Å². The summed E-state index contributed by atoms with van der Waals surface area (Å²) in [6.45, 7) is 1.55. The highest BCUT2D eigenvalue weighted by Gasteiger charge is 2.18. The van der Waals surface area contributed by atoms with Gasteiger partial charge >= 0.3 is 0 Å². The van der Waals surface area contributed by atoms with Crippen LogP contribution in [0.25, 0.3) is 32.9 Å². The Morgan fingerprint density at radius 3 is 2.42 bits per heavy atom. The van der Waals surface area contributed by atoms with Crippen LogP contribution in [-0.2, 0) is 0 Å². The summed E-state index contributed by atoms with van der Waals surface area (Å²) in [5.41, 5.74) is 3.69. The molecule has 0 aliphatic heterocycles. The molecule has 0 saturated carbocycles. The molecule has 0 aliphatic rings. The van der Waals surface area contributed by atoms with Gasteiger partial charge in [0.25, 0.3) is 0 Å². The number of thiazole rings is 1. The molecule has 5 aromatic rings. The topological polar surface area (TPSA) is 83.4 Å². The highest BCUT2D eigenvalue weighted by atomic mass is 32.1. The molecule has 3 aromatic carbocycles. The lowest BCUT2D eigenvalue weighted by Gasteiger charge is -2.04. The lowest BCUT2D eigenvalue weighted by molar-refractivity contribution is 0.101. The van der Waals surface area contributed by atoms with Gasteiger partial charge in [-0.25, -0.2) is 9.97 Å². The Labute approximate surface area is 182 Å². The van der Waals surface area contributed by atoms with Gasteiger partial charge in [0.15, 0.2) is 11.6 Å². The summed E-state index contributed by atoms with van der Waals surface area (Å²) in [7, 11) is 0. The van der Waals surface area contributed by atoms with Crippen LogP contribution in [0.3, 0.4) is 0 Å². The molecule has 31 heavy (non-hydrogen) atoms.